The van der Waals surface area contributed by atoms with Crippen molar-refractivity contribution in [3.05, 3.63) is 0 Å². The van der Waals surface area contributed by atoms with Gasteiger partial charge in [0.05, 0.1) is 6.54 Å². The van der Waals surface area contributed by atoms with Crippen molar-refractivity contribution in [1.82, 2.24) is 31.1 Å². The number of rotatable bonds is 2. The molecular weight excluding hydrogens is 452 g/mol. The fraction of sp³-hybridized carbons (Fsp3) is 0.958. The van der Waals surface area contributed by atoms with E-state index in [-0.39, 0.29) is 0 Å². The Morgan fingerprint density at radius 3 is 1.73 bits per heavy atom. The lowest BCUT2D eigenvalue weighted by atomic mass is 10.3. The standard InChI is InChI=1S/C24H50N6OS2/c31-24(30-17-2-9-27-13-12-26-7-1-8-28-14-18-30)23-29-15-5-21-32-19-3-10-25-11-4-20-33-22-6-16-29/h25-28H,1-23H2. The second kappa shape index (κ2) is 21.3. The molecule has 0 aliphatic carbocycles. The van der Waals surface area contributed by atoms with Gasteiger partial charge in [0.2, 0.25) is 5.91 Å². The van der Waals surface area contributed by atoms with E-state index in [0.29, 0.717) is 12.5 Å². The van der Waals surface area contributed by atoms with Crippen LogP contribution in [0.25, 0.3) is 0 Å². The molecule has 2 heterocycles. The summed E-state index contributed by atoms with van der Waals surface area (Å²) in [4.78, 5) is 17.8. The van der Waals surface area contributed by atoms with Gasteiger partial charge >= 0.3 is 0 Å². The zero-order chi connectivity index (χ0) is 23.2. The van der Waals surface area contributed by atoms with Gasteiger partial charge in [-0.15, -0.1) is 0 Å². The molecular formula is C24H50N6OS2. The van der Waals surface area contributed by atoms with Gasteiger partial charge in [0.25, 0.3) is 0 Å². The van der Waals surface area contributed by atoms with Gasteiger partial charge in [-0.1, -0.05) is 0 Å². The average molecular weight is 503 g/mol. The molecule has 0 saturated carbocycles. The maximum Gasteiger partial charge on any atom is 0.236 e. The van der Waals surface area contributed by atoms with Gasteiger partial charge in [0, 0.05) is 32.7 Å². The molecule has 4 N–H and O–H groups in total. The lowest BCUT2D eigenvalue weighted by Crippen LogP contribution is -2.45. The summed E-state index contributed by atoms with van der Waals surface area (Å²) in [6.07, 6.45) is 7.03. The molecule has 2 aliphatic heterocycles. The van der Waals surface area contributed by atoms with Gasteiger partial charge in [-0.2, -0.15) is 23.5 Å². The molecule has 0 aromatic heterocycles. The molecule has 2 fully saturated rings. The summed E-state index contributed by atoms with van der Waals surface area (Å²) < 4.78 is 0. The Morgan fingerprint density at radius 2 is 1.06 bits per heavy atom. The van der Waals surface area contributed by atoms with Gasteiger partial charge in [-0.25, -0.2) is 0 Å². The van der Waals surface area contributed by atoms with Crippen LogP contribution < -0.4 is 21.3 Å². The van der Waals surface area contributed by atoms with Gasteiger partial charge in [-0.3, -0.25) is 9.69 Å². The molecule has 0 aromatic rings. The summed E-state index contributed by atoms with van der Waals surface area (Å²) in [6.45, 7) is 12.6. The number of nitrogens with zero attached hydrogens (tertiary/aromatic N) is 2. The molecule has 0 bridgehead atoms. The van der Waals surface area contributed by atoms with Crippen LogP contribution in [0, 0.1) is 0 Å². The molecule has 7 nitrogen and oxygen atoms in total. The lowest BCUT2D eigenvalue weighted by molar-refractivity contribution is -0.132. The molecule has 0 atom stereocenters. The first-order chi connectivity index (χ1) is 16.4. The quantitative estimate of drug-likeness (QED) is 0.451. The SMILES string of the molecule is O=C(CN1CCCSCCCNCCCSCCC1)N1CCCNCCNCCCNCC1. The summed E-state index contributed by atoms with van der Waals surface area (Å²) in [6, 6.07) is 0. The van der Waals surface area contributed by atoms with Crippen LogP contribution >= 0.6 is 23.5 Å². The molecule has 33 heavy (non-hydrogen) atoms. The Hall–Kier alpha value is -0.0300. The highest BCUT2D eigenvalue weighted by molar-refractivity contribution is 7.99. The fourth-order valence-electron chi connectivity index (χ4n) is 4.13. The normalized spacial score (nSPS) is 24.1. The smallest absolute Gasteiger partial charge is 0.236 e. The minimum Gasteiger partial charge on any atom is -0.340 e. The second-order valence-corrected chi connectivity index (χ2v) is 11.5. The molecule has 0 aromatic carbocycles. The van der Waals surface area contributed by atoms with Crippen LogP contribution in [-0.4, -0.2) is 124 Å². The summed E-state index contributed by atoms with van der Waals surface area (Å²) >= 11 is 4.14. The molecule has 1 amide bonds. The molecule has 2 saturated heterocycles. The number of thioether (sulfide) groups is 2. The molecule has 0 radical (unpaired) electrons. The van der Waals surface area contributed by atoms with Crippen molar-refractivity contribution in [3.63, 3.8) is 0 Å². The summed E-state index contributed by atoms with van der Waals surface area (Å²) in [5.41, 5.74) is 0. The van der Waals surface area contributed by atoms with E-state index < -0.39 is 0 Å². The van der Waals surface area contributed by atoms with E-state index in [0.717, 1.165) is 91.4 Å². The van der Waals surface area contributed by atoms with Crippen molar-refractivity contribution >= 4 is 29.4 Å². The Balaban J connectivity index is 1.80. The topological polar surface area (TPSA) is 71.7 Å². The highest BCUT2D eigenvalue weighted by Gasteiger charge is 2.17. The van der Waals surface area contributed by atoms with Crippen molar-refractivity contribution in [2.45, 2.75) is 38.5 Å². The number of carbonyl (C=O) groups excluding carboxylic acids is 1. The van der Waals surface area contributed by atoms with E-state index >= 15 is 0 Å². The maximum absolute atomic E-state index is 13.3. The predicted octanol–water partition coefficient (Wildman–Crippen LogP) is 1.31. The Labute approximate surface area is 211 Å². The van der Waals surface area contributed by atoms with Crippen LogP contribution in [0.15, 0.2) is 0 Å². The molecule has 2 aliphatic rings. The van der Waals surface area contributed by atoms with Crippen molar-refractivity contribution in [1.29, 1.82) is 0 Å². The Kier molecular flexibility index (Phi) is 18.8. The largest absolute Gasteiger partial charge is 0.340 e. The van der Waals surface area contributed by atoms with Crippen molar-refractivity contribution < 1.29 is 4.79 Å². The Bertz CT molecular complexity index is 444. The molecule has 0 unspecified atom stereocenters. The van der Waals surface area contributed by atoms with Crippen LogP contribution in [0.3, 0.4) is 0 Å². The molecule has 0 spiro atoms. The summed E-state index contributed by atoms with van der Waals surface area (Å²) in [5.74, 6) is 5.20. The highest BCUT2D eigenvalue weighted by atomic mass is 32.2. The van der Waals surface area contributed by atoms with E-state index in [1.165, 1.54) is 48.7 Å². The minimum atomic E-state index is 0.311. The molecule has 194 valence electrons. The number of hydrogen-bond acceptors (Lipinski definition) is 8. The zero-order valence-corrected chi connectivity index (χ0v) is 22.5. The monoisotopic (exact) mass is 502 g/mol. The van der Waals surface area contributed by atoms with Crippen LogP contribution in [0.2, 0.25) is 0 Å². The van der Waals surface area contributed by atoms with Crippen LogP contribution in [0.5, 0.6) is 0 Å². The van der Waals surface area contributed by atoms with E-state index in [9.17, 15) is 4.79 Å². The minimum absolute atomic E-state index is 0.311. The molecule has 2 rings (SSSR count). The first-order valence-corrected chi connectivity index (χ1v) is 15.7. The maximum atomic E-state index is 13.3. The van der Waals surface area contributed by atoms with Gasteiger partial charge in [0.1, 0.15) is 0 Å². The molecule has 9 heteroatoms. The van der Waals surface area contributed by atoms with Crippen molar-refractivity contribution in [2.24, 2.45) is 0 Å². The number of amides is 1. The van der Waals surface area contributed by atoms with Gasteiger partial charge in [0.15, 0.2) is 0 Å². The third kappa shape index (κ3) is 16.3. The number of carbonyl (C=O) groups is 1. The van der Waals surface area contributed by atoms with Crippen molar-refractivity contribution in [2.75, 3.05) is 108 Å². The van der Waals surface area contributed by atoms with Crippen LogP contribution in [0.1, 0.15) is 38.5 Å². The third-order valence-electron chi connectivity index (χ3n) is 6.05. The van der Waals surface area contributed by atoms with E-state index in [1.807, 2.05) is 0 Å². The van der Waals surface area contributed by atoms with Gasteiger partial charge in [-0.05, 0) is 107 Å². The van der Waals surface area contributed by atoms with E-state index in [2.05, 4.69) is 54.6 Å². The second-order valence-electron chi connectivity index (χ2n) is 9.00. The number of nitrogens with one attached hydrogen (secondary N) is 4. The van der Waals surface area contributed by atoms with E-state index in [4.69, 9.17) is 0 Å². The average Bonchev–Trinajstić information content (AvgIpc) is 2.81. The third-order valence-corrected chi connectivity index (χ3v) is 8.36. The lowest BCUT2D eigenvalue weighted by Gasteiger charge is -2.28. The van der Waals surface area contributed by atoms with E-state index in [1.54, 1.807) is 0 Å². The van der Waals surface area contributed by atoms with Gasteiger partial charge < -0.3 is 26.2 Å². The number of hydrogen-bond donors (Lipinski definition) is 4. The summed E-state index contributed by atoms with van der Waals surface area (Å²) in [5, 5.41) is 14.1. The zero-order valence-electron chi connectivity index (χ0n) is 20.9. The van der Waals surface area contributed by atoms with Crippen molar-refractivity contribution in [3.8, 4) is 0 Å². The van der Waals surface area contributed by atoms with Crippen LogP contribution in [0.4, 0.5) is 0 Å². The van der Waals surface area contributed by atoms with Crippen LogP contribution in [-0.2, 0) is 4.79 Å². The first kappa shape index (κ1) is 29.2. The first-order valence-electron chi connectivity index (χ1n) is 13.3. The Morgan fingerprint density at radius 1 is 0.545 bits per heavy atom. The fourth-order valence-corrected chi connectivity index (χ4v) is 5.90. The summed E-state index contributed by atoms with van der Waals surface area (Å²) in [7, 11) is 0. The predicted molar refractivity (Wildman–Crippen MR) is 147 cm³/mol. The highest BCUT2D eigenvalue weighted by Crippen LogP contribution is 2.09.